The second-order valence-corrected chi connectivity index (χ2v) is 9.48. The van der Waals surface area contributed by atoms with Crippen LogP contribution in [0.3, 0.4) is 0 Å². The number of rotatable bonds is 10. The largest absolute Gasteiger partial charge is 0.355 e. The highest BCUT2D eigenvalue weighted by Gasteiger charge is 2.24. The second kappa shape index (κ2) is 12.1. The van der Waals surface area contributed by atoms with Gasteiger partial charge in [-0.3, -0.25) is 14.7 Å². The number of carbonyl (C=O) groups is 2. The normalized spacial score (nSPS) is 11.9. The Morgan fingerprint density at radius 1 is 1.12 bits per heavy atom. The van der Waals surface area contributed by atoms with Crippen LogP contribution in [0.5, 0.6) is 0 Å². The number of nitrogens with one attached hydrogen (secondary N) is 3. The van der Waals surface area contributed by atoms with Crippen molar-refractivity contribution in [2.75, 3.05) is 12.3 Å². The minimum atomic E-state index is -0.411. The Labute approximate surface area is 207 Å². The van der Waals surface area contributed by atoms with Crippen LogP contribution in [0.1, 0.15) is 41.6 Å². The first-order valence-corrected chi connectivity index (χ1v) is 12.2. The van der Waals surface area contributed by atoms with Gasteiger partial charge in [-0.05, 0) is 36.1 Å². The first kappa shape index (κ1) is 25.1. The van der Waals surface area contributed by atoms with Crippen LogP contribution < -0.4 is 10.6 Å². The lowest BCUT2D eigenvalue weighted by molar-refractivity contribution is -0.118. The second-order valence-electron chi connectivity index (χ2n) is 7.70. The van der Waals surface area contributed by atoms with Gasteiger partial charge in [-0.25, -0.2) is 4.98 Å². The third-order valence-electron chi connectivity index (χ3n) is 4.82. The van der Waals surface area contributed by atoms with E-state index < -0.39 is 6.04 Å². The number of hydrogen-bond acceptors (Lipinski definition) is 5. The van der Waals surface area contributed by atoms with Gasteiger partial charge in [-0.15, -0.1) is 5.10 Å². The predicted octanol–water partition coefficient (Wildman–Crippen LogP) is 4.69. The first-order chi connectivity index (χ1) is 15.8. The summed E-state index contributed by atoms with van der Waals surface area (Å²) in [5.74, 6) is 0.320. The Kier molecular flexibility index (Phi) is 9.17. The quantitative estimate of drug-likeness (QED) is 0.347. The topological polar surface area (TPSA) is 99.8 Å². The monoisotopic (exact) mass is 505 g/mol. The van der Waals surface area contributed by atoms with Crippen LogP contribution in [0, 0.1) is 5.92 Å². The fourth-order valence-corrected chi connectivity index (χ4v) is 4.21. The fraction of sp³-hybridized carbons (Fsp3) is 0.304. The number of H-pyrrole nitrogens is 1. The Balaban J connectivity index is 1.53. The number of halogens is 2. The lowest BCUT2D eigenvalue weighted by Crippen LogP contribution is -2.32. The van der Waals surface area contributed by atoms with E-state index in [2.05, 4.69) is 25.8 Å². The van der Waals surface area contributed by atoms with Crippen LogP contribution >= 0.6 is 35.0 Å². The summed E-state index contributed by atoms with van der Waals surface area (Å²) in [7, 11) is 0. The van der Waals surface area contributed by atoms with E-state index >= 15 is 0 Å². The van der Waals surface area contributed by atoms with E-state index in [4.69, 9.17) is 23.2 Å². The zero-order chi connectivity index (χ0) is 23.8. The molecule has 174 valence electrons. The Morgan fingerprint density at radius 3 is 2.58 bits per heavy atom. The summed E-state index contributed by atoms with van der Waals surface area (Å²) in [5, 5.41) is 14.1. The number of carbonyl (C=O) groups excluding carboxylic acids is 2. The van der Waals surface area contributed by atoms with Crippen LogP contribution in [-0.4, -0.2) is 39.3 Å². The van der Waals surface area contributed by atoms with Crippen LogP contribution in [-0.2, 0) is 11.2 Å². The van der Waals surface area contributed by atoms with Gasteiger partial charge in [-0.1, -0.05) is 79.1 Å². The van der Waals surface area contributed by atoms with E-state index in [0.717, 1.165) is 6.42 Å². The van der Waals surface area contributed by atoms with E-state index in [1.807, 2.05) is 44.2 Å². The van der Waals surface area contributed by atoms with E-state index in [0.29, 0.717) is 28.1 Å². The fourth-order valence-electron chi connectivity index (χ4n) is 3.08. The van der Waals surface area contributed by atoms with Crippen molar-refractivity contribution in [2.24, 2.45) is 5.92 Å². The molecule has 0 spiro atoms. The molecule has 0 saturated carbocycles. The zero-order valence-corrected chi connectivity index (χ0v) is 20.6. The summed E-state index contributed by atoms with van der Waals surface area (Å²) in [6.07, 6.45) is 0.773. The molecule has 0 aliphatic rings. The minimum Gasteiger partial charge on any atom is -0.355 e. The van der Waals surface area contributed by atoms with Crippen molar-refractivity contribution < 1.29 is 9.59 Å². The molecule has 0 aliphatic carbocycles. The maximum atomic E-state index is 12.7. The molecule has 0 radical (unpaired) electrons. The first-order valence-electron chi connectivity index (χ1n) is 10.4. The summed E-state index contributed by atoms with van der Waals surface area (Å²) in [6.45, 7) is 4.49. The molecule has 3 N–H and O–H groups in total. The highest BCUT2D eigenvalue weighted by atomic mass is 35.5. The average molecular weight is 506 g/mol. The number of benzene rings is 2. The van der Waals surface area contributed by atoms with Gasteiger partial charge in [0.2, 0.25) is 11.1 Å². The molecule has 0 aliphatic heterocycles. The summed E-state index contributed by atoms with van der Waals surface area (Å²) >= 11 is 13.3. The van der Waals surface area contributed by atoms with Crippen molar-refractivity contribution >= 4 is 46.8 Å². The van der Waals surface area contributed by atoms with Crippen molar-refractivity contribution in [2.45, 2.75) is 31.5 Å². The molecule has 10 heteroatoms. The van der Waals surface area contributed by atoms with Crippen LogP contribution in [0.25, 0.3) is 0 Å². The van der Waals surface area contributed by atoms with E-state index in [1.54, 1.807) is 12.1 Å². The molecule has 33 heavy (non-hydrogen) atoms. The third kappa shape index (κ3) is 7.48. The minimum absolute atomic E-state index is 0.0344. The number of nitrogens with zero attached hydrogens (tertiary/aromatic N) is 2. The molecule has 7 nitrogen and oxygen atoms in total. The number of amides is 2. The van der Waals surface area contributed by atoms with E-state index in [9.17, 15) is 9.59 Å². The zero-order valence-electron chi connectivity index (χ0n) is 18.3. The van der Waals surface area contributed by atoms with Crippen molar-refractivity contribution in [1.29, 1.82) is 0 Å². The molecule has 0 fully saturated rings. The van der Waals surface area contributed by atoms with Crippen LogP contribution in [0.4, 0.5) is 0 Å². The van der Waals surface area contributed by atoms with Gasteiger partial charge in [0.25, 0.3) is 5.91 Å². The standard InChI is InChI=1S/C23H25Cl2N5O2S/c1-14(2)20(27-22(32)17-9-8-16(24)12-18(17)25)21-28-23(30-29-21)33-13-19(31)26-11-10-15-6-4-3-5-7-15/h3-9,12,14,20H,10-11,13H2,1-2H3,(H,26,31)(H,27,32)(H,28,29,30)/t20-/m1/s1. The lowest BCUT2D eigenvalue weighted by Gasteiger charge is -2.20. The molecular formula is C23H25Cl2N5O2S. The van der Waals surface area contributed by atoms with E-state index in [1.165, 1.54) is 23.4 Å². The van der Waals surface area contributed by atoms with E-state index in [-0.39, 0.29) is 28.5 Å². The highest BCUT2D eigenvalue weighted by Crippen LogP contribution is 2.24. The summed E-state index contributed by atoms with van der Waals surface area (Å²) in [4.78, 5) is 29.3. The molecule has 3 aromatic rings. The van der Waals surface area contributed by atoms with Crippen LogP contribution in [0.2, 0.25) is 10.0 Å². The van der Waals surface area contributed by atoms with Gasteiger partial charge in [0.15, 0.2) is 0 Å². The van der Waals surface area contributed by atoms with Crippen molar-refractivity contribution in [3.8, 4) is 0 Å². The predicted molar refractivity (Wildman–Crippen MR) is 132 cm³/mol. The smallest absolute Gasteiger partial charge is 0.253 e. The van der Waals surface area contributed by atoms with Gasteiger partial charge >= 0.3 is 0 Å². The molecule has 3 rings (SSSR count). The molecule has 1 atom stereocenters. The van der Waals surface area contributed by atoms with Gasteiger partial charge in [-0.2, -0.15) is 0 Å². The molecular weight excluding hydrogens is 481 g/mol. The van der Waals surface area contributed by atoms with Gasteiger partial charge < -0.3 is 10.6 Å². The van der Waals surface area contributed by atoms with Gasteiger partial charge in [0, 0.05) is 11.6 Å². The Hall–Kier alpha value is -2.55. The molecule has 2 aromatic carbocycles. The Morgan fingerprint density at radius 2 is 1.88 bits per heavy atom. The summed E-state index contributed by atoms with van der Waals surface area (Å²) in [5.41, 5.74) is 1.50. The molecule has 1 aromatic heterocycles. The van der Waals surface area contributed by atoms with Crippen molar-refractivity contribution in [1.82, 2.24) is 25.8 Å². The third-order valence-corrected chi connectivity index (χ3v) is 6.21. The van der Waals surface area contributed by atoms with Gasteiger partial charge in [0.05, 0.1) is 22.4 Å². The van der Waals surface area contributed by atoms with Crippen LogP contribution in [0.15, 0.2) is 53.7 Å². The van der Waals surface area contributed by atoms with Gasteiger partial charge in [0.1, 0.15) is 5.82 Å². The summed E-state index contributed by atoms with van der Waals surface area (Å²) in [6, 6.07) is 14.3. The molecule has 0 unspecified atom stereocenters. The lowest BCUT2D eigenvalue weighted by atomic mass is 10.0. The number of hydrogen-bond donors (Lipinski definition) is 3. The molecule has 1 heterocycles. The number of thioether (sulfide) groups is 1. The highest BCUT2D eigenvalue weighted by molar-refractivity contribution is 7.99. The Bertz CT molecular complexity index is 1090. The molecule has 0 saturated heterocycles. The number of aromatic nitrogens is 3. The van der Waals surface area contributed by atoms with Crippen molar-refractivity contribution in [3.05, 3.63) is 75.5 Å². The molecule has 0 bridgehead atoms. The molecule has 2 amide bonds. The maximum absolute atomic E-state index is 12.7. The summed E-state index contributed by atoms with van der Waals surface area (Å²) < 4.78 is 0. The average Bonchev–Trinajstić information content (AvgIpc) is 3.25. The number of aromatic amines is 1. The SMILES string of the molecule is CC(C)[C@@H](NC(=O)c1ccc(Cl)cc1Cl)c1nc(SCC(=O)NCCc2ccccc2)n[nH]1. The maximum Gasteiger partial charge on any atom is 0.253 e. The van der Waals surface area contributed by atoms with Crippen molar-refractivity contribution in [3.63, 3.8) is 0 Å².